The summed E-state index contributed by atoms with van der Waals surface area (Å²) in [6.07, 6.45) is -2.29. The number of allylic oxidation sites excluding steroid dienone is 1. The van der Waals surface area contributed by atoms with E-state index >= 15 is 0 Å². The van der Waals surface area contributed by atoms with Crippen molar-refractivity contribution in [3.63, 3.8) is 0 Å². The van der Waals surface area contributed by atoms with Crippen molar-refractivity contribution in [1.82, 2.24) is 5.32 Å². The minimum absolute atomic E-state index is 0.0415. The smallest absolute Gasteiger partial charge is 0.396 e. The summed E-state index contributed by atoms with van der Waals surface area (Å²) in [5.74, 6) is -2.05. The molecule has 2 aliphatic carbocycles. The summed E-state index contributed by atoms with van der Waals surface area (Å²) in [6.45, 7) is 1.79. The fourth-order valence-electron chi connectivity index (χ4n) is 4.45. The minimum atomic E-state index is -4.91. The van der Waals surface area contributed by atoms with Crippen LogP contribution in [0.4, 0.5) is 13.2 Å². The van der Waals surface area contributed by atoms with Crippen molar-refractivity contribution in [3.05, 3.63) is 64.7 Å². The molecule has 0 fully saturated rings. The average Bonchev–Trinajstić information content (AvgIpc) is 2.66. The highest BCUT2D eigenvalue weighted by molar-refractivity contribution is 5.84. The number of amides is 1. The zero-order chi connectivity index (χ0) is 20.1. The molecule has 4 rings (SSSR count). The predicted molar refractivity (Wildman–Crippen MR) is 101 cm³/mol. The van der Waals surface area contributed by atoms with E-state index in [2.05, 4.69) is 5.32 Å². The molecule has 3 nitrogen and oxygen atoms in total. The SMILES string of the molecule is CC1=CC(NC(=O)C(F)(F)F)Cc2c1ccc1c2C(CO)Cc2ccccc2-1. The van der Waals surface area contributed by atoms with E-state index in [1.807, 2.05) is 43.3 Å². The number of aliphatic hydroxyl groups excluding tert-OH is 1. The highest BCUT2D eigenvalue weighted by atomic mass is 19.4. The number of halogens is 3. The normalized spacial score (nSPS) is 20.5. The van der Waals surface area contributed by atoms with Crippen molar-refractivity contribution in [3.8, 4) is 11.1 Å². The number of alkyl halides is 3. The maximum atomic E-state index is 12.7. The van der Waals surface area contributed by atoms with E-state index in [0.717, 1.165) is 39.0 Å². The molecular formula is C22H20F3NO2. The Morgan fingerprint density at radius 1 is 1.11 bits per heavy atom. The van der Waals surface area contributed by atoms with Gasteiger partial charge in [0.1, 0.15) is 0 Å². The number of fused-ring (bicyclic) bond motifs is 5. The minimum Gasteiger partial charge on any atom is -0.396 e. The van der Waals surface area contributed by atoms with Gasteiger partial charge < -0.3 is 10.4 Å². The molecule has 1 amide bonds. The lowest BCUT2D eigenvalue weighted by molar-refractivity contribution is -0.174. The van der Waals surface area contributed by atoms with Gasteiger partial charge in [-0.25, -0.2) is 0 Å². The lowest BCUT2D eigenvalue weighted by Crippen LogP contribution is -2.44. The largest absolute Gasteiger partial charge is 0.471 e. The lowest BCUT2D eigenvalue weighted by atomic mass is 9.73. The number of carbonyl (C=O) groups is 1. The van der Waals surface area contributed by atoms with Gasteiger partial charge in [0.15, 0.2) is 0 Å². The molecule has 0 saturated carbocycles. The lowest BCUT2D eigenvalue weighted by Gasteiger charge is -2.33. The summed E-state index contributed by atoms with van der Waals surface area (Å²) in [7, 11) is 0. The van der Waals surface area contributed by atoms with Crippen LogP contribution in [0.2, 0.25) is 0 Å². The number of aliphatic hydroxyl groups is 1. The summed E-state index contributed by atoms with van der Waals surface area (Å²) in [5, 5.41) is 12.1. The van der Waals surface area contributed by atoms with Gasteiger partial charge in [0.05, 0.1) is 12.6 Å². The number of hydrogen-bond donors (Lipinski definition) is 2. The van der Waals surface area contributed by atoms with Crippen molar-refractivity contribution in [2.24, 2.45) is 0 Å². The zero-order valence-electron chi connectivity index (χ0n) is 15.3. The number of benzene rings is 2. The second kappa shape index (κ2) is 6.78. The maximum Gasteiger partial charge on any atom is 0.471 e. The number of nitrogens with one attached hydrogen (secondary N) is 1. The first-order valence-electron chi connectivity index (χ1n) is 9.21. The topological polar surface area (TPSA) is 49.3 Å². The molecule has 0 spiro atoms. The first-order chi connectivity index (χ1) is 13.3. The van der Waals surface area contributed by atoms with Crippen LogP contribution in [0.15, 0.2) is 42.5 Å². The Balaban J connectivity index is 1.80. The first kappa shape index (κ1) is 18.7. The predicted octanol–water partition coefficient (Wildman–Crippen LogP) is 3.99. The molecule has 2 aromatic carbocycles. The molecule has 146 valence electrons. The van der Waals surface area contributed by atoms with Gasteiger partial charge in [-0.05, 0) is 58.7 Å². The second-order valence-corrected chi connectivity index (χ2v) is 7.43. The Morgan fingerprint density at radius 3 is 2.54 bits per heavy atom. The third kappa shape index (κ3) is 3.11. The van der Waals surface area contributed by atoms with Gasteiger partial charge in [0.2, 0.25) is 0 Å². The Hall–Kier alpha value is -2.60. The second-order valence-electron chi connectivity index (χ2n) is 7.43. The van der Waals surface area contributed by atoms with Crippen LogP contribution < -0.4 is 5.32 Å². The van der Waals surface area contributed by atoms with Gasteiger partial charge in [0, 0.05) is 5.92 Å². The van der Waals surface area contributed by atoms with Gasteiger partial charge in [-0.1, -0.05) is 42.5 Å². The molecule has 28 heavy (non-hydrogen) atoms. The molecule has 6 heteroatoms. The third-order valence-electron chi connectivity index (χ3n) is 5.63. The van der Waals surface area contributed by atoms with E-state index in [0.29, 0.717) is 6.42 Å². The number of rotatable bonds is 2. The average molecular weight is 387 g/mol. The molecule has 0 heterocycles. The quantitative estimate of drug-likeness (QED) is 0.819. The zero-order valence-corrected chi connectivity index (χ0v) is 15.3. The van der Waals surface area contributed by atoms with Crippen LogP contribution in [0.3, 0.4) is 0 Å². The van der Waals surface area contributed by atoms with Gasteiger partial charge in [-0.3, -0.25) is 4.79 Å². The van der Waals surface area contributed by atoms with E-state index in [9.17, 15) is 23.1 Å². The summed E-state index contributed by atoms with van der Waals surface area (Å²) in [6, 6.07) is 11.3. The highest BCUT2D eigenvalue weighted by Crippen LogP contribution is 2.44. The van der Waals surface area contributed by atoms with E-state index in [4.69, 9.17) is 0 Å². The van der Waals surface area contributed by atoms with Crippen LogP contribution in [0.25, 0.3) is 16.7 Å². The van der Waals surface area contributed by atoms with Crippen molar-refractivity contribution in [1.29, 1.82) is 0 Å². The van der Waals surface area contributed by atoms with Gasteiger partial charge in [0.25, 0.3) is 0 Å². The van der Waals surface area contributed by atoms with Gasteiger partial charge >= 0.3 is 12.1 Å². The highest BCUT2D eigenvalue weighted by Gasteiger charge is 2.40. The van der Waals surface area contributed by atoms with Crippen LogP contribution in [0, 0.1) is 0 Å². The summed E-state index contributed by atoms with van der Waals surface area (Å²) < 4.78 is 38.1. The molecule has 0 saturated heterocycles. The Bertz CT molecular complexity index is 978. The summed E-state index contributed by atoms with van der Waals surface area (Å²) in [4.78, 5) is 11.4. The Morgan fingerprint density at radius 2 is 1.82 bits per heavy atom. The van der Waals surface area contributed by atoms with Crippen molar-refractivity contribution in [2.75, 3.05) is 6.61 Å². The molecule has 2 unspecified atom stereocenters. The molecule has 2 N–H and O–H groups in total. The number of carbonyl (C=O) groups excluding carboxylic acids is 1. The third-order valence-corrected chi connectivity index (χ3v) is 5.63. The van der Waals surface area contributed by atoms with Crippen LogP contribution in [-0.4, -0.2) is 29.8 Å². The number of hydrogen-bond acceptors (Lipinski definition) is 2. The maximum absolute atomic E-state index is 12.7. The van der Waals surface area contributed by atoms with Crippen LogP contribution >= 0.6 is 0 Å². The summed E-state index contributed by atoms with van der Waals surface area (Å²) >= 11 is 0. The van der Waals surface area contributed by atoms with E-state index in [-0.39, 0.29) is 18.9 Å². The van der Waals surface area contributed by atoms with E-state index in [1.165, 1.54) is 0 Å². The molecule has 2 atom stereocenters. The Labute approximate surface area is 160 Å². The molecule has 0 bridgehead atoms. The van der Waals surface area contributed by atoms with Gasteiger partial charge in [-0.15, -0.1) is 0 Å². The molecular weight excluding hydrogens is 367 g/mol. The van der Waals surface area contributed by atoms with Crippen LogP contribution in [-0.2, 0) is 17.6 Å². The van der Waals surface area contributed by atoms with Crippen LogP contribution in [0.1, 0.15) is 35.1 Å². The molecule has 0 aromatic heterocycles. The molecule has 0 radical (unpaired) electrons. The van der Waals surface area contributed by atoms with Crippen molar-refractivity contribution < 1.29 is 23.1 Å². The first-order valence-corrected chi connectivity index (χ1v) is 9.21. The fourth-order valence-corrected chi connectivity index (χ4v) is 4.45. The Kier molecular flexibility index (Phi) is 4.54. The molecule has 2 aromatic rings. The van der Waals surface area contributed by atoms with E-state index in [1.54, 1.807) is 6.08 Å². The summed E-state index contributed by atoms with van der Waals surface area (Å²) in [5.41, 5.74) is 6.94. The van der Waals surface area contributed by atoms with E-state index < -0.39 is 18.1 Å². The monoisotopic (exact) mass is 387 g/mol. The fraction of sp³-hybridized carbons (Fsp3) is 0.318. The van der Waals surface area contributed by atoms with Crippen molar-refractivity contribution in [2.45, 2.75) is 37.9 Å². The molecule has 0 aliphatic heterocycles. The van der Waals surface area contributed by atoms with Crippen LogP contribution in [0.5, 0.6) is 0 Å². The van der Waals surface area contributed by atoms with Gasteiger partial charge in [-0.2, -0.15) is 13.2 Å². The van der Waals surface area contributed by atoms with Crippen molar-refractivity contribution >= 4 is 11.5 Å². The molecule has 2 aliphatic rings. The standard InChI is InChI=1S/C22H20F3NO2/c1-12-8-15(26-21(28)22(23,24)25)10-19-16(12)6-7-18-17-5-3-2-4-13(17)9-14(11-27)20(18)19/h2-8,14-15,27H,9-11H2,1H3,(H,26,28).